The first kappa shape index (κ1) is 11.9. The van der Waals surface area contributed by atoms with Crippen LogP contribution in [-0.4, -0.2) is 11.4 Å². The number of nitrogens with zero attached hydrogens (tertiary/aromatic N) is 1. The van der Waals surface area contributed by atoms with Crippen LogP contribution in [0.25, 0.3) is 5.57 Å². The van der Waals surface area contributed by atoms with Crippen molar-refractivity contribution in [1.29, 1.82) is 0 Å². The number of hydrogen-bond donors (Lipinski definition) is 0. The largest absolute Gasteiger partial charge is 0.303 e. The first-order valence-electron chi connectivity index (χ1n) is 5.94. The van der Waals surface area contributed by atoms with Crippen LogP contribution in [0.4, 0.5) is 5.69 Å². The Morgan fingerprint density at radius 3 is 2.47 bits per heavy atom. The number of rotatable bonds is 0. The van der Waals surface area contributed by atoms with Gasteiger partial charge >= 0.3 is 0 Å². The minimum atomic E-state index is -0.253. The second kappa shape index (κ2) is 3.73. The Kier molecular flexibility index (Phi) is 2.61. The van der Waals surface area contributed by atoms with E-state index in [4.69, 9.17) is 0 Å². The first-order chi connectivity index (χ1) is 7.83. The van der Waals surface area contributed by atoms with Crippen molar-refractivity contribution in [1.82, 2.24) is 0 Å². The third-order valence-electron chi connectivity index (χ3n) is 3.28. The molecule has 0 saturated heterocycles. The summed E-state index contributed by atoms with van der Waals surface area (Å²) in [7, 11) is 0. The van der Waals surface area contributed by atoms with Crippen molar-refractivity contribution in [2.24, 2.45) is 0 Å². The fourth-order valence-electron chi connectivity index (χ4n) is 2.72. The minimum Gasteiger partial charge on any atom is -0.303 e. The quantitative estimate of drug-likeness (QED) is 0.666. The van der Waals surface area contributed by atoms with Crippen molar-refractivity contribution in [2.45, 2.75) is 40.2 Å². The summed E-state index contributed by atoms with van der Waals surface area (Å²) in [6.45, 7) is 9.93. The number of aryl methyl sites for hydroxylation is 1. The third kappa shape index (κ3) is 1.88. The van der Waals surface area contributed by atoms with Gasteiger partial charge in [0.05, 0.1) is 11.2 Å². The van der Waals surface area contributed by atoms with Gasteiger partial charge in [0.15, 0.2) is 0 Å². The van der Waals surface area contributed by atoms with Gasteiger partial charge in [-0.2, -0.15) is 0 Å². The van der Waals surface area contributed by atoms with Crippen LogP contribution in [0.5, 0.6) is 0 Å². The van der Waals surface area contributed by atoms with E-state index >= 15 is 0 Å². The Bertz CT molecular complexity index is 512. The number of amides is 1. The van der Waals surface area contributed by atoms with Crippen LogP contribution in [0.15, 0.2) is 24.3 Å². The number of benzene rings is 1. The van der Waals surface area contributed by atoms with Crippen molar-refractivity contribution < 1.29 is 4.79 Å². The molecule has 0 aromatic heterocycles. The fourth-order valence-corrected chi connectivity index (χ4v) is 2.72. The molecule has 0 saturated carbocycles. The lowest BCUT2D eigenvalue weighted by molar-refractivity contribution is -0.117. The van der Waals surface area contributed by atoms with E-state index in [-0.39, 0.29) is 11.4 Å². The summed E-state index contributed by atoms with van der Waals surface area (Å²) < 4.78 is 0. The summed E-state index contributed by atoms with van der Waals surface area (Å²) in [5.74, 6) is 0.0885. The van der Waals surface area contributed by atoms with Crippen molar-refractivity contribution in [2.75, 3.05) is 4.90 Å². The summed E-state index contributed by atoms with van der Waals surface area (Å²) >= 11 is 0. The van der Waals surface area contributed by atoms with Gasteiger partial charge in [0, 0.05) is 12.5 Å². The second-order valence-corrected chi connectivity index (χ2v) is 5.36. The molecule has 0 aliphatic carbocycles. The summed E-state index contributed by atoms with van der Waals surface area (Å²) in [4.78, 5) is 13.8. The van der Waals surface area contributed by atoms with Crippen LogP contribution in [0.1, 0.15) is 38.8 Å². The highest BCUT2D eigenvalue weighted by Gasteiger charge is 2.33. The monoisotopic (exact) mass is 229 g/mol. The maximum absolute atomic E-state index is 11.9. The molecule has 0 bridgehead atoms. The van der Waals surface area contributed by atoms with E-state index in [0.29, 0.717) is 0 Å². The number of carbonyl (C=O) groups excluding carboxylic acids is 1. The van der Waals surface area contributed by atoms with Crippen molar-refractivity contribution >= 4 is 17.2 Å². The van der Waals surface area contributed by atoms with Crippen molar-refractivity contribution in [3.8, 4) is 0 Å². The average Bonchev–Trinajstić information content (AvgIpc) is 2.14. The zero-order valence-corrected chi connectivity index (χ0v) is 11.2. The van der Waals surface area contributed by atoms with Gasteiger partial charge in [-0.15, -0.1) is 0 Å². The summed E-state index contributed by atoms with van der Waals surface area (Å²) in [6, 6.07) is 6.28. The molecule has 17 heavy (non-hydrogen) atoms. The molecule has 0 unspecified atom stereocenters. The van der Waals surface area contributed by atoms with Gasteiger partial charge < -0.3 is 4.90 Å². The van der Waals surface area contributed by atoms with Gasteiger partial charge in [0.1, 0.15) is 0 Å². The Morgan fingerprint density at radius 1 is 1.24 bits per heavy atom. The molecule has 0 N–H and O–H groups in total. The molecule has 1 amide bonds. The second-order valence-electron chi connectivity index (χ2n) is 5.36. The maximum Gasteiger partial charge on any atom is 0.224 e. The predicted octanol–water partition coefficient (Wildman–Crippen LogP) is 3.54. The highest BCUT2D eigenvalue weighted by atomic mass is 16.2. The number of hydrogen-bond acceptors (Lipinski definition) is 1. The zero-order chi connectivity index (χ0) is 12.8. The van der Waals surface area contributed by atoms with E-state index in [0.717, 1.165) is 11.3 Å². The van der Waals surface area contributed by atoms with E-state index < -0.39 is 0 Å². The minimum absolute atomic E-state index is 0.0885. The molecule has 1 aromatic rings. The molecule has 0 radical (unpaired) electrons. The standard InChI is InChI=1S/C15H19NO/c1-10-6-7-13-11(2)9-15(4,5)16(12(3)17)14(13)8-10/h6-9H,1-5H3. The topological polar surface area (TPSA) is 20.3 Å². The lowest BCUT2D eigenvalue weighted by Crippen LogP contribution is -2.47. The zero-order valence-electron chi connectivity index (χ0n) is 11.2. The average molecular weight is 229 g/mol. The molecule has 0 atom stereocenters. The van der Waals surface area contributed by atoms with Gasteiger partial charge in [0.2, 0.25) is 5.91 Å². The van der Waals surface area contributed by atoms with Crippen LogP contribution < -0.4 is 4.90 Å². The van der Waals surface area contributed by atoms with E-state index in [1.165, 1.54) is 11.1 Å². The summed E-state index contributed by atoms with van der Waals surface area (Å²) in [5, 5.41) is 0. The van der Waals surface area contributed by atoms with Crippen LogP contribution in [0.2, 0.25) is 0 Å². The molecule has 1 aliphatic rings. The van der Waals surface area contributed by atoms with E-state index in [1.807, 2.05) is 4.90 Å². The highest BCUT2D eigenvalue weighted by Crippen LogP contribution is 2.39. The molecule has 0 spiro atoms. The predicted molar refractivity (Wildman–Crippen MR) is 72.1 cm³/mol. The van der Waals surface area contributed by atoms with Crippen molar-refractivity contribution in [3.05, 3.63) is 35.4 Å². The third-order valence-corrected chi connectivity index (χ3v) is 3.28. The molecular weight excluding hydrogens is 210 g/mol. The SMILES string of the molecule is CC(=O)N1c2cc(C)ccc2C(C)=CC1(C)C. The van der Waals surface area contributed by atoms with Gasteiger partial charge in [-0.3, -0.25) is 4.79 Å². The van der Waals surface area contributed by atoms with Crippen LogP contribution in [0, 0.1) is 6.92 Å². The molecular formula is C15H19NO. The maximum atomic E-state index is 11.9. The van der Waals surface area contributed by atoms with Gasteiger partial charge in [-0.1, -0.05) is 18.2 Å². The van der Waals surface area contributed by atoms with Crippen LogP contribution >= 0.6 is 0 Å². The Morgan fingerprint density at radius 2 is 1.88 bits per heavy atom. The fraction of sp³-hybridized carbons (Fsp3) is 0.400. The van der Waals surface area contributed by atoms with Gasteiger partial charge in [0.25, 0.3) is 0 Å². The summed E-state index contributed by atoms with van der Waals surface area (Å²) in [6.07, 6.45) is 2.16. The first-order valence-corrected chi connectivity index (χ1v) is 5.94. The molecule has 2 heteroatoms. The number of allylic oxidation sites excluding steroid dienone is 1. The normalized spacial score (nSPS) is 17.5. The Labute approximate surface area is 103 Å². The Hall–Kier alpha value is -1.57. The smallest absolute Gasteiger partial charge is 0.224 e. The van der Waals surface area contributed by atoms with E-state index in [1.54, 1.807) is 6.92 Å². The molecule has 90 valence electrons. The van der Waals surface area contributed by atoms with E-state index in [9.17, 15) is 4.79 Å². The molecule has 1 heterocycles. The number of carbonyl (C=O) groups is 1. The number of anilines is 1. The van der Waals surface area contributed by atoms with Crippen LogP contribution in [0.3, 0.4) is 0 Å². The molecule has 0 fully saturated rings. The highest BCUT2D eigenvalue weighted by molar-refractivity contribution is 5.99. The van der Waals surface area contributed by atoms with E-state index in [2.05, 4.69) is 52.0 Å². The Balaban J connectivity index is 2.71. The summed E-state index contributed by atoms with van der Waals surface area (Å²) in [5.41, 5.74) is 4.35. The molecule has 1 aliphatic heterocycles. The van der Waals surface area contributed by atoms with Gasteiger partial charge in [-0.25, -0.2) is 0 Å². The van der Waals surface area contributed by atoms with Crippen molar-refractivity contribution in [3.63, 3.8) is 0 Å². The molecule has 2 rings (SSSR count). The lowest BCUT2D eigenvalue weighted by Gasteiger charge is -2.41. The van der Waals surface area contributed by atoms with Crippen LogP contribution in [-0.2, 0) is 4.79 Å². The number of fused-ring (bicyclic) bond motifs is 1. The molecule has 2 nitrogen and oxygen atoms in total. The lowest BCUT2D eigenvalue weighted by atomic mass is 9.88. The molecule has 1 aromatic carbocycles. The van der Waals surface area contributed by atoms with Gasteiger partial charge in [-0.05, 0) is 44.9 Å².